The standard InChI is InChI=1S/C38H74O5/c1-3-5-7-9-11-13-15-17-18-19-21-23-25-27-29-31-33-38(41)43-35-36(39)34-42-37(40)32-30-28-26-24-22-20-16-14-12-10-8-6-4-2/h36,39H,3-35H2,1-2H3/t36-/m0/s1. The van der Waals surface area contributed by atoms with Crippen molar-refractivity contribution in [3.63, 3.8) is 0 Å². The van der Waals surface area contributed by atoms with Crippen LogP contribution in [0, 0.1) is 0 Å². The SMILES string of the molecule is CCCCCCCCCCCCCCCCCCC(=O)OC[C@@H](O)COC(=O)CCCCCCCCCCCCCCC. The molecule has 1 N–H and O–H groups in total. The van der Waals surface area contributed by atoms with Crippen LogP contribution in [0.15, 0.2) is 0 Å². The maximum Gasteiger partial charge on any atom is 0.305 e. The number of carbonyl (C=O) groups excluding carboxylic acids is 2. The van der Waals surface area contributed by atoms with Gasteiger partial charge in [0.25, 0.3) is 0 Å². The summed E-state index contributed by atoms with van der Waals surface area (Å²) in [5.74, 6) is -0.552. The van der Waals surface area contributed by atoms with E-state index in [1.807, 2.05) is 0 Å². The number of unbranched alkanes of at least 4 members (excludes halogenated alkanes) is 27. The summed E-state index contributed by atoms with van der Waals surface area (Å²) < 4.78 is 10.3. The summed E-state index contributed by atoms with van der Waals surface area (Å²) in [6.07, 6.45) is 37.2. The maximum absolute atomic E-state index is 11.9. The predicted octanol–water partition coefficient (Wildman–Crippen LogP) is 11.6. The summed E-state index contributed by atoms with van der Waals surface area (Å²) in [5.41, 5.74) is 0. The van der Waals surface area contributed by atoms with Crippen LogP contribution < -0.4 is 0 Å². The van der Waals surface area contributed by atoms with Crippen molar-refractivity contribution >= 4 is 11.9 Å². The van der Waals surface area contributed by atoms with Gasteiger partial charge in [0.05, 0.1) is 0 Å². The van der Waals surface area contributed by atoms with Crippen LogP contribution >= 0.6 is 0 Å². The van der Waals surface area contributed by atoms with E-state index in [2.05, 4.69) is 13.8 Å². The predicted molar refractivity (Wildman–Crippen MR) is 182 cm³/mol. The van der Waals surface area contributed by atoms with E-state index in [9.17, 15) is 14.7 Å². The minimum atomic E-state index is -0.953. The average Bonchev–Trinajstić information content (AvgIpc) is 3.01. The molecule has 43 heavy (non-hydrogen) atoms. The molecule has 0 spiro atoms. The van der Waals surface area contributed by atoms with Crippen molar-refractivity contribution in [2.75, 3.05) is 13.2 Å². The van der Waals surface area contributed by atoms with Gasteiger partial charge < -0.3 is 14.6 Å². The largest absolute Gasteiger partial charge is 0.463 e. The van der Waals surface area contributed by atoms with Gasteiger partial charge >= 0.3 is 11.9 Å². The van der Waals surface area contributed by atoms with Crippen molar-refractivity contribution in [3.8, 4) is 0 Å². The van der Waals surface area contributed by atoms with E-state index in [-0.39, 0.29) is 25.2 Å². The quantitative estimate of drug-likeness (QED) is 0.0571. The molecular weight excluding hydrogens is 536 g/mol. The molecule has 0 aromatic heterocycles. The van der Waals surface area contributed by atoms with Crippen LogP contribution in [0.3, 0.4) is 0 Å². The minimum absolute atomic E-state index is 0.107. The van der Waals surface area contributed by atoms with E-state index in [0.29, 0.717) is 12.8 Å². The number of aliphatic hydroxyl groups is 1. The zero-order chi connectivity index (χ0) is 31.5. The van der Waals surface area contributed by atoms with Gasteiger partial charge in [0.15, 0.2) is 0 Å². The summed E-state index contributed by atoms with van der Waals surface area (Å²) >= 11 is 0. The first-order valence-corrected chi connectivity index (χ1v) is 19.1. The van der Waals surface area contributed by atoms with Crippen molar-refractivity contribution in [1.82, 2.24) is 0 Å². The number of ether oxygens (including phenoxy) is 2. The smallest absolute Gasteiger partial charge is 0.305 e. The molecule has 0 aliphatic heterocycles. The third-order valence-corrected chi connectivity index (χ3v) is 8.59. The molecule has 0 unspecified atom stereocenters. The zero-order valence-electron chi connectivity index (χ0n) is 29.0. The first kappa shape index (κ1) is 41.9. The van der Waals surface area contributed by atoms with Gasteiger partial charge in [-0.1, -0.05) is 187 Å². The molecule has 256 valence electrons. The van der Waals surface area contributed by atoms with Gasteiger partial charge in [-0.15, -0.1) is 0 Å². The molecule has 0 saturated heterocycles. The molecule has 0 saturated carbocycles. The Balaban J connectivity index is 3.38. The average molecular weight is 611 g/mol. The monoisotopic (exact) mass is 611 g/mol. The molecule has 0 rings (SSSR count). The van der Waals surface area contributed by atoms with E-state index in [1.165, 1.54) is 161 Å². The van der Waals surface area contributed by atoms with E-state index in [0.717, 1.165) is 25.7 Å². The summed E-state index contributed by atoms with van der Waals surface area (Å²) in [4.78, 5) is 23.9. The molecule has 0 heterocycles. The summed E-state index contributed by atoms with van der Waals surface area (Å²) in [5, 5.41) is 9.99. The molecule has 0 aromatic carbocycles. The second kappa shape index (κ2) is 35.4. The van der Waals surface area contributed by atoms with Gasteiger partial charge in [-0.3, -0.25) is 9.59 Å². The summed E-state index contributed by atoms with van der Waals surface area (Å²) in [6.45, 7) is 4.32. The van der Waals surface area contributed by atoms with Crippen LogP contribution in [0.4, 0.5) is 0 Å². The van der Waals surface area contributed by atoms with Crippen LogP contribution in [0.2, 0.25) is 0 Å². The Kier molecular flexibility index (Phi) is 34.5. The number of hydrogen-bond acceptors (Lipinski definition) is 5. The first-order chi connectivity index (χ1) is 21.1. The lowest BCUT2D eigenvalue weighted by molar-refractivity contribution is -0.152. The Morgan fingerprint density at radius 2 is 0.605 bits per heavy atom. The highest BCUT2D eigenvalue weighted by Gasteiger charge is 2.12. The van der Waals surface area contributed by atoms with E-state index in [4.69, 9.17) is 9.47 Å². The molecule has 1 atom stereocenters. The van der Waals surface area contributed by atoms with Gasteiger partial charge in [0.2, 0.25) is 0 Å². The topological polar surface area (TPSA) is 72.8 Å². The fourth-order valence-corrected chi connectivity index (χ4v) is 5.68. The Hall–Kier alpha value is -1.10. The lowest BCUT2D eigenvalue weighted by Crippen LogP contribution is -2.25. The molecule has 0 aliphatic carbocycles. The Morgan fingerprint density at radius 3 is 0.837 bits per heavy atom. The fourth-order valence-electron chi connectivity index (χ4n) is 5.68. The molecular formula is C38H74O5. The molecule has 0 amide bonds. The third-order valence-electron chi connectivity index (χ3n) is 8.59. The Bertz CT molecular complexity index is 579. The van der Waals surface area contributed by atoms with Gasteiger partial charge in [-0.2, -0.15) is 0 Å². The van der Waals surface area contributed by atoms with Gasteiger partial charge in [-0.25, -0.2) is 0 Å². The highest BCUT2D eigenvalue weighted by molar-refractivity contribution is 5.69. The molecule has 0 aromatic rings. The van der Waals surface area contributed by atoms with Crippen molar-refractivity contribution in [2.45, 2.75) is 219 Å². The molecule has 0 fully saturated rings. The van der Waals surface area contributed by atoms with Gasteiger partial charge in [-0.05, 0) is 12.8 Å². The first-order valence-electron chi connectivity index (χ1n) is 19.1. The fraction of sp³-hybridized carbons (Fsp3) is 0.947. The second-order valence-electron chi connectivity index (χ2n) is 13.1. The number of esters is 2. The number of hydrogen-bond donors (Lipinski definition) is 1. The number of carbonyl (C=O) groups is 2. The van der Waals surface area contributed by atoms with Crippen LogP contribution in [0.1, 0.15) is 213 Å². The van der Waals surface area contributed by atoms with E-state index >= 15 is 0 Å². The van der Waals surface area contributed by atoms with Gasteiger partial charge in [0, 0.05) is 12.8 Å². The lowest BCUT2D eigenvalue weighted by atomic mass is 10.0. The van der Waals surface area contributed by atoms with Gasteiger partial charge in [0.1, 0.15) is 19.3 Å². The normalized spacial score (nSPS) is 12.0. The Labute approximate surface area is 268 Å². The molecule has 0 aliphatic rings. The minimum Gasteiger partial charge on any atom is -0.463 e. The Morgan fingerprint density at radius 1 is 0.395 bits per heavy atom. The van der Waals surface area contributed by atoms with Crippen LogP contribution in [0.25, 0.3) is 0 Å². The summed E-state index contributed by atoms with van der Waals surface area (Å²) in [7, 11) is 0. The van der Waals surface area contributed by atoms with Crippen LogP contribution in [-0.2, 0) is 19.1 Å². The number of rotatable bonds is 35. The second-order valence-corrected chi connectivity index (χ2v) is 13.1. The molecule has 5 nitrogen and oxygen atoms in total. The highest BCUT2D eigenvalue weighted by Crippen LogP contribution is 2.15. The summed E-state index contributed by atoms with van der Waals surface area (Å²) in [6, 6.07) is 0. The van der Waals surface area contributed by atoms with Crippen molar-refractivity contribution in [2.24, 2.45) is 0 Å². The van der Waals surface area contributed by atoms with E-state index in [1.54, 1.807) is 0 Å². The van der Waals surface area contributed by atoms with Crippen molar-refractivity contribution in [3.05, 3.63) is 0 Å². The van der Waals surface area contributed by atoms with Crippen LogP contribution in [-0.4, -0.2) is 36.4 Å². The molecule has 5 heteroatoms. The molecule has 0 bridgehead atoms. The third kappa shape index (κ3) is 35.3. The molecule has 0 radical (unpaired) electrons. The van der Waals surface area contributed by atoms with Crippen LogP contribution in [0.5, 0.6) is 0 Å². The number of aliphatic hydroxyl groups excluding tert-OH is 1. The zero-order valence-corrected chi connectivity index (χ0v) is 29.0. The van der Waals surface area contributed by atoms with Crippen molar-refractivity contribution in [1.29, 1.82) is 0 Å². The van der Waals surface area contributed by atoms with E-state index < -0.39 is 6.10 Å². The highest BCUT2D eigenvalue weighted by atomic mass is 16.6. The van der Waals surface area contributed by atoms with Crippen molar-refractivity contribution < 1.29 is 24.2 Å². The lowest BCUT2D eigenvalue weighted by Gasteiger charge is -2.12. The maximum atomic E-state index is 11.9.